The Morgan fingerprint density at radius 3 is 1.60 bits per heavy atom. The summed E-state index contributed by atoms with van der Waals surface area (Å²) in [5.74, 6) is 0. The molecule has 2 aliphatic rings. The molecule has 2 heteroatoms. The van der Waals surface area contributed by atoms with Crippen molar-refractivity contribution in [2.45, 2.75) is 52.4 Å². The highest BCUT2D eigenvalue weighted by molar-refractivity contribution is 5.64. The van der Waals surface area contributed by atoms with Crippen LogP contribution in [0.4, 0.5) is 0 Å². The van der Waals surface area contributed by atoms with Crippen LogP contribution in [0, 0.1) is 13.8 Å². The van der Waals surface area contributed by atoms with Gasteiger partial charge in [0.1, 0.15) is 0 Å². The zero-order valence-electron chi connectivity index (χ0n) is 12.3. The van der Waals surface area contributed by atoms with Crippen molar-refractivity contribution in [2.75, 3.05) is 0 Å². The van der Waals surface area contributed by atoms with Crippen molar-refractivity contribution in [1.82, 2.24) is 9.97 Å². The Kier molecular flexibility index (Phi) is 2.66. The van der Waals surface area contributed by atoms with Gasteiger partial charge in [-0.3, -0.25) is 9.97 Å². The van der Waals surface area contributed by atoms with Gasteiger partial charge in [0.2, 0.25) is 0 Å². The molecule has 2 nitrogen and oxygen atoms in total. The predicted molar refractivity (Wildman–Crippen MR) is 81.0 cm³/mol. The largest absolute Gasteiger partial charge is 0.251 e. The van der Waals surface area contributed by atoms with Gasteiger partial charge in [0, 0.05) is 11.4 Å². The van der Waals surface area contributed by atoms with Gasteiger partial charge in [0.15, 0.2) is 0 Å². The van der Waals surface area contributed by atoms with E-state index in [-0.39, 0.29) is 0 Å². The Morgan fingerprint density at radius 2 is 1.15 bits per heavy atom. The van der Waals surface area contributed by atoms with Gasteiger partial charge < -0.3 is 0 Å². The van der Waals surface area contributed by atoms with Crippen molar-refractivity contribution < 1.29 is 0 Å². The second-order valence-electron chi connectivity index (χ2n) is 6.23. The zero-order chi connectivity index (χ0) is 13.7. The molecule has 0 saturated heterocycles. The van der Waals surface area contributed by atoms with Gasteiger partial charge in [0.05, 0.1) is 11.4 Å². The minimum Gasteiger partial charge on any atom is -0.251 e. The van der Waals surface area contributed by atoms with Crippen LogP contribution in [0.2, 0.25) is 0 Å². The maximum Gasteiger partial charge on any atom is 0.0921 e. The first-order valence-corrected chi connectivity index (χ1v) is 7.71. The quantitative estimate of drug-likeness (QED) is 0.784. The lowest BCUT2D eigenvalue weighted by atomic mass is 10.0. The molecule has 4 rings (SSSR count). The third-order valence-corrected chi connectivity index (χ3v) is 4.71. The number of pyridine rings is 2. The number of aryl methyl sites for hydroxylation is 6. The Balaban J connectivity index is 1.89. The van der Waals surface area contributed by atoms with Gasteiger partial charge in [-0.25, -0.2) is 0 Å². The van der Waals surface area contributed by atoms with E-state index < -0.39 is 0 Å². The molecule has 0 bridgehead atoms. The molecular formula is C18H20N2. The molecule has 0 N–H and O–H groups in total. The van der Waals surface area contributed by atoms with Crippen LogP contribution in [-0.2, 0) is 25.7 Å². The van der Waals surface area contributed by atoms with E-state index in [1.165, 1.54) is 59.3 Å². The summed E-state index contributed by atoms with van der Waals surface area (Å²) in [6.07, 6.45) is 7.16. The minimum atomic E-state index is 1.11. The fourth-order valence-electron chi connectivity index (χ4n) is 3.65. The molecule has 2 aromatic heterocycles. The standard InChI is InChI=1S/C18H20N2/c1-11-9-13-5-3-7-15(13)19-17(11)18-12(2)10-14-6-4-8-16(14)20-18/h9-10H,3-8H2,1-2H3. The molecule has 0 radical (unpaired) electrons. The third-order valence-electron chi connectivity index (χ3n) is 4.71. The van der Waals surface area contributed by atoms with Gasteiger partial charge in [-0.2, -0.15) is 0 Å². The van der Waals surface area contributed by atoms with Gasteiger partial charge in [-0.05, 0) is 74.6 Å². The summed E-state index contributed by atoms with van der Waals surface area (Å²) in [4.78, 5) is 9.89. The van der Waals surface area contributed by atoms with Crippen LogP contribution in [0.1, 0.15) is 46.5 Å². The number of fused-ring (bicyclic) bond motifs is 2. The number of aromatic nitrogens is 2. The molecule has 2 aliphatic carbocycles. The van der Waals surface area contributed by atoms with Gasteiger partial charge in [-0.15, -0.1) is 0 Å². The van der Waals surface area contributed by atoms with Crippen LogP contribution in [0.3, 0.4) is 0 Å². The van der Waals surface area contributed by atoms with Crippen LogP contribution < -0.4 is 0 Å². The van der Waals surface area contributed by atoms with Crippen LogP contribution >= 0.6 is 0 Å². The van der Waals surface area contributed by atoms with E-state index in [1.54, 1.807) is 0 Å². The van der Waals surface area contributed by atoms with Crippen molar-refractivity contribution in [2.24, 2.45) is 0 Å². The predicted octanol–water partition coefficient (Wildman–Crippen LogP) is 3.74. The molecule has 2 heterocycles. The van der Waals surface area contributed by atoms with Crippen molar-refractivity contribution >= 4 is 0 Å². The fourth-order valence-corrected chi connectivity index (χ4v) is 3.65. The van der Waals surface area contributed by atoms with Gasteiger partial charge in [-0.1, -0.05) is 12.1 Å². The van der Waals surface area contributed by atoms with Crippen molar-refractivity contribution in [3.05, 3.63) is 45.8 Å². The molecule has 0 atom stereocenters. The summed E-state index contributed by atoms with van der Waals surface area (Å²) in [6.45, 7) is 4.35. The molecule has 0 aromatic carbocycles. The highest BCUT2D eigenvalue weighted by Crippen LogP contribution is 2.31. The monoisotopic (exact) mass is 264 g/mol. The van der Waals surface area contributed by atoms with Crippen LogP contribution in [0.25, 0.3) is 11.4 Å². The Morgan fingerprint density at radius 1 is 0.700 bits per heavy atom. The average Bonchev–Trinajstić information content (AvgIpc) is 3.04. The highest BCUT2D eigenvalue weighted by atomic mass is 14.8. The van der Waals surface area contributed by atoms with E-state index in [1.807, 2.05) is 0 Å². The molecule has 0 aliphatic heterocycles. The molecule has 20 heavy (non-hydrogen) atoms. The summed E-state index contributed by atoms with van der Waals surface area (Å²) in [5.41, 5.74) is 10.3. The van der Waals surface area contributed by atoms with Crippen molar-refractivity contribution in [3.63, 3.8) is 0 Å². The van der Waals surface area contributed by atoms with Crippen LogP contribution in [0.5, 0.6) is 0 Å². The first-order valence-electron chi connectivity index (χ1n) is 7.71. The van der Waals surface area contributed by atoms with Gasteiger partial charge in [0.25, 0.3) is 0 Å². The molecule has 2 aromatic rings. The average molecular weight is 264 g/mol. The fraction of sp³-hybridized carbons (Fsp3) is 0.444. The molecule has 0 fully saturated rings. The summed E-state index contributed by atoms with van der Waals surface area (Å²) in [6, 6.07) is 4.66. The first kappa shape index (κ1) is 12.1. The molecule has 102 valence electrons. The van der Waals surface area contributed by atoms with E-state index in [0.717, 1.165) is 24.2 Å². The molecule has 0 unspecified atom stereocenters. The number of hydrogen-bond acceptors (Lipinski definition) is 2. The zero-order valence-corrected chi connectivity index (χ0v) is 12.3. The second kappa shape index (κ2) is 4.41. The van der Waals surface area contributed by atoms with E-state index in [4.69, 9.17) is 9.97 Å². The normalized spacial score (nSPS) is 16.3. The first-order chi connectivity index (χ1) is 9.72. The lowest BCUT2D eigenvalue weighted by Gasteiger charge is -2.12. The molecule has 0 spiro atoms. The maximum atomic E-state index is 4.95. The van der Waals surface area contributed by atoms with Crippen LogP contribution in [0.15, 0.2) is 12.1 Å². The van der Waals surface area contributed by atoms with Crippen LogP contribution in [-0.4, -0.2) is 9.97 Å². The molecule has 0 amide bonds. The van der Waals surface area contributed by atoms with Crippen molar-refractivity contribution in [1.29, 1.82) is 0 Å². The highest BCUT2D eigenvalue weighted by Gasteiger charge is 2.20. The van der Waals surface area contributed by atoms with Gasteiger partial charge >= 0.3 is 0 Å². The summed E-state index contributed by atoms with van der Waals surface area (Å²) < 4.78 is 0. The second-order valence-corrected chi connectivity index (χ2v) is 6.23. The summed E-state index contributed by atoms with van der Waals surface area (Å²) in [7, 11) is 0. The Hall–Kier alpha value is -1.70. The summed E-state index contributed by atoms with van der Waals surface area (Å²) >= 11 is 0. The molecular weight excluding hydrogens is 244 g/mol. The van der Waals surface area contributed by atoms with E-state index in [0.29, 0.717) is 0 Å². The molecule has 0 saturated carbocycles. The van der Waals surface area contributed by atoms with E-state index in [9.17, 15) is 0 Å². The Labute approximate surface area is 120 Å². The smallest absolute Gasteiger partial charge is 0.0921 e. The lowest BCUT2D eigenvalue weighted by Crippen LogP contribution is -2.01. The van der Waals surface area contributed by atoms with Crippen molar-refractivity contribution in [3.8, 4) is 11.4 Å². The van der Waals surface area contributed by atoms with E-state index >= 15 is 0 Å². The number of nitrogens with zero attached hydrogens (tertiary/aromatic N) is 2. The summed E-state index contributed by atoms with van der Waals surface area (Å²) in [5, 5.41) is 0. The SMILES string of the molecule is Cc1cc2c(nc1-c1nc3c(cc1C)CCC3)CCC2. The maximum absolute atomic E-state index is 4.95. The number of rotatable bonds is 1. The minimum absolute atomic E-state index is 1.11. The number of hydrogen-bond donors (Lipinski definition) is 0. The van der Waals surface area contributed by atoms with E-state index in [2.05, 4.69) is 26.0 Å². The Bertz CT molecular complexity index is 640. The third kappa shape index (κ3) is 1.78. The topological polar surface area (TPSA) is 25.8 Å². The lowest BCUT2D eigenvalue weighted by molar-refractivity contribution is 0.897.